The van der Waals surface area contributed by atoms with Gasteiger partial charge in [0, 0.05) is 11.3 Å². The van der Waals surface area contributed by atoms with Gasteiger partial charge in [0.05, 0.1) is 6.04 Å². The molecule has 1 saturated carbocycles. The predicted molar refractivity (Wildman–Crippen MR) is 79.0 cm³/mol. The Morgan fingerprint density at radius 3 is 2.52 bits per heavy atom. The summed E-state index contributed by atoms with van der Waals surface area (Å²) in [6.07, 6.45) is 8.42. The first kappa shape index (κ1) is 14.0. The molecule has 21 heavy (non-hydrogen) atoms. The minimum absolute atomic E-state index is 0.305. The SMILES string of the molecule is Nc1cc(F)ccc1-c1nnnn1C1CCCCCCC1. The van der Waals surface area contributed by atoms with E-state index in [0.717, 1.165) is 12.8 Å². The summed E-state index contributed by atoms with van der Waals surface area (Å²) in [6, 6.07) is 4.66. The number of halogens is 1. The van der Waals surface area contributed by atoms with Gasteiger partial charge in [-0.2, -0.15) is 0 Å². The van der Waals surface area contributed by atoms with Crippen LogP contribution in [0.1, 0.15) is 51.0 Å². The van der Waals surface area contributed by atoms with Gasteiger partial charge in [0.2, 0.25) is 0 Å². The molecule has 1 heterocycles. The lowest BCUT2D eigenvalue weighted by molar-refractivity contribution is 0.345. The average Bonchev–Trinajstić information content (AvgIpc) is 2.87. The molecule has 1 aliphatic carbocycles. The Morgan fingerprint density at radius 1 is 1.10 bits per heavy atom. The quantitative estimate of drug-likeness (QED) is 0.861. The second kappa shape index (κ2) is 6.20. The van der Waals surface area contributed by atoms with E-state index in [2.05, 4.69) is 15.5 Å². The van der Waals surface area contributed by atoms with Crippen molar-refractivity contribution in [2.45, 2.75) is 51.0 Å². The molecule has 1 aliphatic rings. The van der Waals surface area contributed by atoms with E-state index < -0.39 is 0 Å². The minimum Gasteiger partial charge on any atom is -0.398 e. The molecular formula is C15H20FN5. The maximum atomic E-state index is 13.2. The number of hydrogen-bond donors (Lipinski definition) is 1. The standard InChI is InChI=1S/C15H20FN5/c16-11-8-9-13(14(17)10-11)15-18-19-20-21(15)12-6-4-2-1-3-5-7-12/h8-10,12H,1-7,17H2. The summed E-state index contributed by atoms with van der Waals surface area (Å²) < 4.78 is 15.1. The van der Waals surface area contributed by atoms with Crippen LogP contribution in [0.5, 0.6) is 0 Å². The van der Waals surface area contributed by atoms with Gasteiger partial charge in [-0.15, -0.1) is 5.10 Å². The lowest BCUT2D eigenvalue weighted by atomic mass is 9.96. The van der Waals surface area contributed by atoms with Crippen molar-refractivity contribution >= 4 is 5.69 Å². The van der Waals surface area contributed by atoms with E-state index in [-0.39, 0.29) is 5.82 Å². The average molecular weight is 289 g/mol. The van der Waals surface area contributed by atoms with Crippen LogP contribution < -0.4 is 5.73 Å². The molecule has 0 atom stereocenters. The number of aromatic nitrogens is 4. The summed E-state index contributed by atoms with van der Waals surface area (Å²) in [5, 5.41) is 12.1. The van der Waals surface area contributed by atoms with E-state index in [9.17, 15) is 4.39 Å². The number of rotatable bonds is 2. The maximum Gasteiger partial charge on any atom is 0.184 e. The molecule has 0 spiro atoms. The van der Waals surface area contributed by atoms with Gasteiger partial charge in [-0.25, -0.2) is 9.07 Å². The molecule has 1 fully saturated rings. The van der Waals surface area contributed by atoms with Crippen LogP contribution in [-0.2, 0) is 0 Å². The fraction of sp³-hybridized carbons (Fsp3) is 0.533. The van der Waals surface area contributed by atoms with Gasteiger partial charge in [0.1, 0.15) is 5.82 Å². The molecule has 1 aromatic carbocycles. The number of nitrogens with zero attached hydrogens (tertiary/aromatic N) is 4. The predicted octanol–water partition coefficient (Wildman–Crippen LogP) is 3.35. The fourth-order valence-electron chi connectivity index (χ4n) is 3.03. The van der Waals surface area contributed by atoms with Crippen LogP contribution in [0.2, 0.25) is 0 Å². The number of benzene rings is 1. The maximum absolute atomic E-state index is 13.2. The van der Waals surface area contributed by atoms with Crippen molar-refractivity contribution in [1.82, 2.24) is 20.2 Å². The summed E-state index contributed by atoms with van der Waals surface area (Å²) in [5.41, 5.74) is 6.99. The zero-order valence-electron chi connectivity index (χ0n) is 12.0. The Labute approximate surface area is 123 Å². The number of nitrogens with two attached hydrogens (primary N) is 1. The van der Waals surface area contributed by atoms with Crippen molar-refractivity contribution in [1.29, 1.82) is 0 Å². The molecule has 6 heteroatoms. The first-order valence-corrected chi connectivity index (χ1v) is 7.59. The Balaban J connectivity index is 1.92. The van der Waals surface area contributed by atoms with E-state index in [1.165, 1.54) is 44.2 Å². The van der Waals surface area contributed by atoms with E-state index in [4.69, 9.17) is 5.73 Å². The number of tetrazole rings is 1. The summed E-state index contributed by atoms with van der Waals surface area (Å²) >= 11 is 0. The third-order valence-corrected chi connectivity index (χ3v) is 4.17. The Kier molecular flexibility index (Phi) is 4.13. The Bertz CT molecular complexity index is 602. The second-order valence-electron chi connectivity index (χ2n) is 5.68. The lowest BCUT2D eigenvalue weighted by Crippen LogP contribution is -2.14. The molecule has 3 rings (SSSR count). The van der Waals surface area contributed by atoms with Gasteiger partial charge in [-0.3, -0.25) is 0 Å². The molecule has 2 aromatic rings. The Morgan fingerprint density at radius 2 is 1.81 bits per heavy atom. The number of nitrogen functional groups attached to an aromatic ring is 1. The fourth-order valence-corrected chi connectivity index (χ4v) is 3.03. The van der Waals surface area contributed by atoms with E-state index in [1.807, 2.05) is 4.68 Å². The van der Waals surface area contributed by atoms with E-state index in [1.54, 1.807) is 6.07 Å². The first-order chi connectivity index (χ1) is 10.3. The molecule has 0 unspecified atom stereocenters. The van der Waals surface area contributed by atoms with Crippen LogP contribution in [0.25, 0.3) is 11.4 Å². The second-order valence-corrected chi connectivity index (χ2v) is 5.68. The highest BCUT2D eigenvalue weighted by Crippen LogP contribution is 2.31. The van der Waals surface area contributed by atoms with Gasteiger partial charge in [-0.05, 0) is 41.5 Å². The van der Waals surface area contributed by atoms with Gasteiger partial charge >= 0.3 is 0 Å². The summed E-state index contributed by atoms with van der Waals surface area (Å²) in [4.78, 5) is 0. The molecule has 0 bridgehead atoms. The van der Waals surface area contributed by atoms with Crippen molar-refractivity contribution in [3.8, 4) is 11.4 Å². The van der Waals surface area contributed by atoms with Crippen molar-refractivity contribution in [2.24, 2.45) is 0 Å². The van der Waals surface area contributed by atoms with Crippen molar-refractivity contribution in [3.63, 3.8) is 0 Å². The van der Waals surface area contributed by atoms with Crippen molar-refractivity contribution < 1.29 is 4.39 Å². The third-order valence-electron chi connectivity index (χ3n) is 4.17. The van der Waals surface area contributed by atoms with Crippen LogP contribution in [0, 0.1) is 5.82 Å². The minimum atomic E-state index is -0.346. The number of anilines is 1. The topological polar surface area (TPSA) is 69.6 Å². The van der Waals surface area contributed by atoms with E-state index in [0.29, 0.717) is 23.1 Å². The van der Waals surface area contributed by atoms with Crippen molar-refractivity contribution in [2.75, 3.05) is 5.73 Å². The lowest BCUT2D eigenvalue weighted by Gasteiger charge is -2.20. The molecule has 0 aliphatic heterocycles. The highest BCUT2D eigenvalue weighted by Gasteiger charge is 2.20. The highest BCUT2D eigenvalue weighted by molar-refractivity contribution is 5.71. The Hall–Kier alpha value is -1.98. The number of hydrogen-bond acceptors (Lipinski definition) is 4. The van der Waals surface area contributed by atoms with Gasteiger partial charge < -0.3 is 5.73 Å². The largest absolute Gasteiger partial charge is 0.398 e. The third kappa shape index (κ3) is 3.04. The van der Waals surface area contributed by atoms with Gasteiger partial charge in [0.15, 0.2) is 5.82 Å². The van der Waals surface area contributed by atoms with Crippen LogP contribution in [0.3, 0.4) is 0 Å². The van der Waals surface area contributed by atoms with Crippen molar-refractivity contribution in [3.05, 3.63) is 24.0 Å². The van der Waals surface area contributed by atoms with Gasteiger partial charge in [-0.1, -0.05) is 32.1 Å². The smallest absolute Gasteiger partial charge is 0.184 e. The summed E-state index contributed by atoms with van der Waals surface area (Å²) in [5.74, 6) is 0.291. The summed E-state index contributed by atoms with van der Waals surface area (Å²) in [6.45, 7) is 0. The molecular weight excluding hydrogens is 269 g/mol. The summed E-state index contributed by atoms with van der Waals surface area (Å²) in [7, 11) is 0. The molecule has 112 valence electrons. The normalized spacial score (nSPS) is 17.4. The molecule has 0 saturated heterocycles. The monoisotopic (exact) mass is 289 g/mol. The van der Waals surface area contributed by atoms with Crippen LogP contribution in [-0.4, -0.2) is 20.2 Å². The molecule has 2 N–H and O–H groups in total. The zero-order valence-corrected chi connectivity index (χ0v) is 12.0. The van der Waals surface area contributed by atoms with Crippen LogP contribution >= 0.6 is 0 Å². The zero-order chi connectivity index (χ0) is 14.7. The van der Waals surface area contributed by atoms with Gasteiger partial charge in [0.25, 0.3) is 0 Å². The molecule has 5 nitrogen and oxygen atoms in total. The van der Waals surface area contributed by atoms with Crippen LogP contribution in [0.15, 0.2) is 18.2 Å². The first-order valence-electron chi connectivity index (χ1n) is 7.59. The molecule has 1 aromatic heterocycles. The van der Waals surface area contributed by atoms with E-state index >= 15 is 0 Å². The molecule has 0 amide bonds. The molecule has 0 radical (unpaired) electrons. The van der Waals surface area contributed by atoms with Crippen LogP contribution in [0.4, 0.5) is 10.1 Å². The highest BCUT2D eigenvalue weighted by atomic mass is 19.1.